The van der Waals surface area contributed by atoms with Crippen molar-refractivity contribution in [1.82, 2.24) is 15.4 Å². The Morgan fingerprint density at radius 1 is 0.857 bits per heavy atom. The van der Waals surface area contributed by atoms with E-state index in [1.807, 2.05) is 42.6 Å². The van der Waals surface area contributed by atoms with Crippen molar-refractivity contribution < 1.29 is 28.0 Å². The maximum absolute atomic E-state index is 12.7. The molecule has 0 bridgehead atoms. The fraction of sp³-hybridized carbons (Fsp3) is 0.154. The van der Waals surface area contributed by atoms with Crippen LogP contribution in [-0.4, -0.2) is 28.1 Å². The SMILES string of the molecule is O=C(NO)c1ccc(Cn2cc(CCNC(=O)c3ccc(C(F)(F)F)cc3)c3ccccc32)cc1. The molecule has 0 saturated heterocycles. The summed E-state index contributed by atoms with van der Waals surface area (Å²) in [4.78, 5) is 23.9. The lowest BCUT2D eigenvalue weighted by Gasteiger charge is -2.08. The molecule has 0 fully saturated rings. The highest BCUT2D eigenvalue weighted by Gasteiger charge is 2.30. The third-order valence-corrected chi connectivity index (χ3v) is 5.70. The molecular weight excluding hydrogens is 459 g/mol. The van der Waals surface area contributed by atoms with Crippen LogP contribution >= 0.6 is 0 Å². The maximum Gasteiger partial charge on any atom is 0.416 e. The zero-order chi connectivity index (χ0) is 25.0. The number of carbonyl (C=O) groups excluding carboxylic acids is 2. The minimum absolute atomic E-state index is 0.166. The molecule has 4 rings (SSSR count). The Bertz CT molecular complexity index is 1340. The van der Waals surface area contributed by atoms with Gasteiger partial charge in [-0.2, -0.15) is 13.2 Å². The number of nitrogens with zero attached hydrogens (tertiary/aromatic N) is 1. The third-order valence-electron chi connectivity index (χ3n) is 5.70. The van der Waals surface area contributed by atoms with Crippen molar-refractivity contribution in [2.45, 2.75) is 19.1 Å². The van der Waals surface area contributed by atoms with Crippen molar-refractivity contribution in [3.63, 3.8) is 0 Å². The summed E-state index contributed by atoms with van der Waals surface area (Å²) in [6.07, 6.45) is -1.90. The lowest BCUT2D eigenvalue weighted by molar-refractivity contribution is -0.137. The van der Waals surface area contributed by atoms with E-state index >= 15 is 0 Å². The van der Waals surface area contributed by atoms with Gasteiger partial charge in [0.1, 0.15) is 0 Å². The van der Waals surface area contributed by atoms with Crippen molar-refractivity contribution in [2.75, 3.05) is 6.54 Å². The predicted molar refractivity (Wildman–Crippen MR) is 124 cm³/mol. The molecule has 0 atom stereocenters. The van der Waals surface area contributed by atoms with Crippen molar-refractivity contribution in [1.29, 1.82) is 0 Å². The van der Waals surface area contributed by atoms with E-state index in [0.717, 1.165) is 34.2 Å². The van der Waals surface area contributed by atoms with Gasteiger partial charge in [-0.3, -0.25) is 14.8 Å². The molecule has 3 aromatic carbocycles. The first-order valence-electron chi connectivity index (χ1n) is 10.8. The van der Waals surface area contributed by atoms with E-state index in [1.54, 1.807) is 17.6 Å². The number of nitrogens with one attached hydrogen (secondary N) is 2. The molecule has 35 heavy (non-hydrogen) atoms. The number of rotatable bonds is 7. The molecule has 180 valence electrons. The van der Waals surface area contributed by atoms with Crippen LogP contribution in [0.25, 0.3) is 10.9 Å². The maximum atomic E-state index is 12.7. The quantitative estimate of drug-likeness (QED) is 0.262. The average molecular weight is 481 g/mol. The van der Waals surface area contributed by atoms with Crippen molar-refractivity contribution in [3.05, 3.63) is 107 Å². The number of amides is 2. The van der Waals surface area contributed by atoms with Gasteiger partial charge < -0.3 is 9.88 Å². The molecular formula is C26H22F3N3O3. The number of benzene rings is 3. The smallest absolute Gasteiger partial charge is 0.352 e. The first-order chi connectivity index (χ1) is 16.8. The van der Waals surface area contributed by atoms with Crippen LogP contribution in [-0.2, 0) is 19.1 Å². The monoisotopic (exact) mass is 481 g/mol. The molecule has 0 unspecified atom stereocenters. The van der Waals surface area contributed by atoms with Crippen LogP contribution in [0.1, 0.15) is 37.4 Å². The van der Waals surface area contributed by atoms with E-state index in [4.69, 9.17) is 5.21 Å². The van der Waals surface area contributed by atoms with Crippen LogP contribution < -0.4 is 10.8 Å². The van der Waals surface area contributed by atoms with E-state index in [1.165, 1.54) is 12.1 Å². The first kappa shape index (κ1) is 24.0. The number of hydrogen-bond donors (Lipinski definition) is 3. The topological polar surface area (TPSA) is 83.4 Å². The lowest BCUT2D eigenvalue weighted by atomic mass is 10.1. The van der Waals surface area contributed by atoms with Gasteiger partial charge in [0.25, 0.3) is 11.8 Å². The molecule has 0 radical (unpaired) electrons. The lowest BCUT2D eigenvalue weighted by Crippen LogP contribution is -2.25. The molecule has 0 aliphatic carbocycles. The molecule has 4 aromatic rings. The van der Waals surface area contributed by atoms with Gasteiger partial charge in [0.2, 0.25) is 0 Å². The second-order valence-electron chi connectivity index (χ2n) is 8.02. The van der Waals surface area contributed by atoms with E-state index in [2.05, 4.69) is 9.88 Å². The van der Waals surface area contributed by atoms with Crippen molar-refractivity contribution in [2.24, 2.45) is 0 Å². The van der Waals surface area contributed by atoms with Crippen molar-refractivity contribution in [3.8, 4) is 0 Å². The predicted octanol–water partition coefficient (Wildman–Crippen LogP) is 4.80. The summed E-state index contributed by atoms with van der Waals surface area (Å²) < 4.78 is 40.2. The summed E-state index contributed by atoms with van der Waals surface area (Å²) in [6, 6.07) is 18.8. The zero-order valence-corrected chi connectivity index (χ0v) is 18.5. The molecule has 6 nitrogen and oxygen atoms in total. The molecule has 1 aromatic heterocycles. The summed E-state index contributed by atoms with van der Waals surface area (Å²) in [5.74, 6) is -1.02. The molecule has 0 saturated carbocycles. The molecule has 0 spiro atoms. The van der Waals surface area contributed by atoms with Gasteiger partial charge in [-0.15, -0.1) is 0 Å². The molecule has 2 amide bonds. The normalized spacial score (nSPS) is 11.4. The minimum atomic E-state index is -4.45. The van der Waals surface area contributed by atoms with Crippen LogP contribution in [0.2, 0.25) is 0 Å². The molecule has 0 aliphatic rings. The Kier molecular flexibility index (Phi) is 6.88. The molecule has 1 heterocycles. The highest BCUT2D eigenvalue weighted by Crippen LogP contribution is 2.29. The van der Waals surface area contributed by atoms with E-state index in [-0.39, 0.29) is 5.56 Å². The second-order valence-corrected chi connectivity index (χ2v) is 8.02. The van der Waals surface area contributed by atoms with Gasteiger partial charge in [0.05, 0.1) is 5.56 Å². The molecule has 3 N–H and O–H groups in total. The molecule has 9 heteroatoms. The molecule has 0 aliphatic heterocycles. The number of hydroxylamine groups is 1. The number of para-hydroxylation sites is 1. The third kappa shape index (κ3) is 5.52. The van der Waals surface area contributed by atoms with Gasteiger partial charge in [-0.1, -0.05) is 30.3 Å². The number of fused-ring (bicyclic) bond motifs is 1. The Hall–Kier alpha value is -4.11. The Morgan fingerprint density at radius 2 is 1.49 bits per heavy atom. The van der Waals surface area contributed by atoms with Gasteiger partial charge in [-0.05, 0) is 60.0 Å². The number of carbonyl (C=O) groups is 2. The summed E-state index contributed by atoms with van der Waals surface area (Å²) in [5, 5.41) is 12.6. The van der Waals surface area contributed by atoms with Gasteiger partial charge in [0.15, 0.2) is 0 Å². The fourth-order valence-electron chi connectivity index (χ4n) is 3.90. The number of halogens is 3. The number of aromatic nitrogens is 1. The van der Waals surface area contributed by atoms with Crippen LogP contribution in [0.3, 0.4) is 0 Å². The summed E-state index contributed by atoms with van der Waals surface area (Å²) in [5.41, 5.74) is 4.30. The van der Waals surface area contributed by atoms with E-state index in [0.29, 0.717) is 25.1 Å². The van der Waals surface area contributed by atoms with Crippen LogP contribution in [0.15, 0.2) is 79.0 Å². The van der Waals surface area contributed by atoms with Crippen molar-refractivity contribution >= 4 is 22.7 Å². The van der Waals surface area contributed by atoms with Crippen LogP contribution in [0.5, 0.6) is 0 Å². The second kappa shape index (κ2) is 10.0. The minimum Gasteiger partial charge on any atom is -0.352 e. The highest BCUT2D eigenvalue weighted by atomic mass is 19.4. The van der Waals surface area contributed by atoms with Gasteiger partial charge in [-0.25, -0.2) is 5.48 Å². The highest BCUT2D eigenvalue weighted by molar-refractivity contribution is 5.94. The Balaban J connectivity index is 1.44. The largest absolute Gasteiger partial charge is 0.416 e. The van der Waals surface area contributed by atoms with E-state index in [9.17, 15) is 22.8 Å². The average Bonchev–Trinajstić information content (AvgIpc) is 3.20. The van der Waals surface area contributed by atoms with Crippen LogP contribution in [0, 0.1) is 0 Å². The number of alkyl halides is 3. The summed E-state index contributed by atoms with van der Waals surface area (Å²) >= 11 is 0. The standard InChI is InChI=1S/C26H22F3N3O3/c27-26(28,29)21-11-9-18(10-12-21)24(33)30-14-13-20-16-32(23-4-2-1-3-22(20)23)15-17-5-7-19(8-6-17)25(34)31-35/h1-12,16,35H,13-15H2,(H,30,33)(H,31,34). The van der Waals surface area contributed by atoms with Gasteiger partial charge in [0, 0.05) is 41.3 Å². The Labute approximate surface area is 199 Å². The summed E-state index contributed by atoms with van der Waals surface area (Å²) in [6.45, 7) is 0.873. The summed E-state index contributed by atoms with van der Waals surface area (Å²) in [7, 11) is 0. The Morgan fingerprint density at radius 3 is 2.14 bits per heavy atom. The fourth-order valence-corrected chi connectivity index (χ4v) is 3.90. The van der Waals surface area contributed by atoms with Gasteiger partial charge >= 0.3 is 6.18 Å². The first-order valence-corrected chi connectivity index (χ1v) is 10.8. The van der Waals surface area contributed by atoms with Crippen LogP contribution in [0.4, 0.5) is 13.2 Å². The number of hydrogen-bond acceptors (Lipinski definition) is 3. The zero-order valence-electron chi connectivity index (χ0n) is 18.5. The van der Waals surface area contributed by atoms with E-state index < -0.39 is 23.6 Å².